The van der Waals surface area contributed by atoms with E-state index >= 15 is 0 Å². The fraction of sp³-hybridized carbons (Fsp3) is 0.444. The van der Waals surface area contributed by atoms with Gasteiger partial charge in [-0.2, -0.15) is 5.10 Å². The molecule has 2 fully saturated rings. The Morgan fingerprint density at radius 1 is 1.40 bits per heavy atom. The molecular formula is C18H20FN5S. The molecule has 5 rings (SSSR count). The topological polar surface area (TPSA) is 56.3 Å². The zero-order chi connectivity index (χ0) is 17.0. The van der Waals surface area contributed by atoms with Crippen LogP contribution in [0.15, 0.2) is 22.8 Å². The second-order valence-electron chi connectivity index (χ2n) is 7.02. The third kappa shape index (κ3) is 2.81. The van der Waals surface area contributed by atoms with Crippen LogP contribution < -0.4 is 5.32 Å². The SMILES string of the molecule is Cc1[nH]ncc1-c1cc2c(s1)C(=C1CC1)N=C(CN1CC[C@H](F)C1)N2. The maximum atomic E-state index is 13.5. The lowest BCUT2D eigenvalue weighted by molar-refractivity contribution is 0.310. The third-order valence-corrected chi connectivity index (χ3v) is 6.17. The molecule has 25 heavy (non-hydrogen) atoms. The first-order chi connectivity index (χ1) is 12.2. The average Bonchev–Trinajstić information content (AvgIpc) is 2.98. The average molecular weight is 357 g/mol. The predicted octanol–water partition coefficient (Wildman–Crippen LogP) is 3.82. The summed E-state index contributed by atoms with van der Waals surface area (Å²) < 4.78 is 13.5. The highest BCUT2D eigenvalue weighted by Gasteiger charge is 2.29. The summed E-state index contributed by atoms with van der Waals surface area (Å²) in [4.78, 5) is 9.46. The van der Waals surface area contributed by atoms with Gasteiger partial charge in [-0.05, 0) is 37.8 Å². The van der Waals surface area contributed by atoms with Crippen molar-refractivity contribution in [2.45, 2.75) is 32.4 Å². The zero-order valence-corrected chi connectivity index (χ0v) is 14.9. The van der Waals surface area contributed by atoms with Gasteiger partial charge in [0.2, 0.25) is 0 Å². The van der Waals surface area contributed by atoms with Gasteiger partial charge < -0.3 is 5.32 Å². The first-order valence-corrected chi connectivity index (χ1v) is 9.56. The molecule has 2 aliphatic heterocycles. The van der Waals surface area contributed by atoms with Gasteiger partial charge >= 0.3 is 0 Å². The Kier molecular flexibility index (Phi) is 3.53. The van der Waals surface area contributed by atoms with E-state index < -0.39 is 6.17 Å². The van der Waals surface area contributed by atoms with Crippen LogP contribution in [0.4, 0.5) is 10.1 Å². The number of amidine groups is 1. The van der Waals surface area contributed by atoms with Gasteiger partial charge in [-0.1, -0.05) is 0 Å². The number of aryl methyl sites for hydroxylation is 1. The Labute approximate surface area is 149 Å². The monoisotopic (exact) mass is 357 g/mol. The summed E-state index contributed by atoms with van der Waals surface area (Å²) in [6.07, 6.45) is 4.09. The third-order valence-electron chi connectivity index (χ3n) is 4.99. The number of H-pyrrole nitrogens is 1. The molecule has 1 aliphatic carbocycles. The molecule has 2 aromatic rings. The molecule has 2 aromatic heterocycles. The van der Waals surface area contributed by atoms with Crippen LogP contribution in [0.3, 0.4) is 0 Å². The number of anilines is 1. The molecule has 0 radical (unpaired) electrons. The number of likely N-dealkylation sites (tertiary alicyclic amines) is 1. The van der Waals surface area contributed by atoms with Crippen molar-refractivity contribution in [1.82, 2.24) is 15.1 Å². The van der Waals surface area contributed by atoms with E-state index in [1.807, 2.05) is 13.1 Å². The molecule has 5 nitrogen and oxygen atoms in total. The number of allylic oxidation sites excluding steroid dienone is 1. The van der Waals surface area contributed by atoms with Gasteiger partial charge in [-0.3, -0.25) is 10.00 Å². The lowest BCUT2D eigenvalue weighted by Crippen LogP contribution is -2.33. The maximum absolute atomic E-state index is 13.5. The van der Waals surface area contributed by atoms with E-state index in [4.69, 9.17) is 4.99 Å². The summed E-state index contributed by atoms with van der Waals surface area (Å²) in [5.74, 6) is 0.935. The molecule has 1 saturated carbocycles. The van der Waals surface area contributed by atoms with Gasteiger partial charge in [0.15, 0.2) is 0 Å². The summed E-state index contributed by atoms with van der Waals surface area (Å²) in [7, 11) is 0. The number of nitrogens with zero attached hydrogens (tertiary/aromatic N) is 3. The number of hydrogen-bond donors (Lipinski definition) is 2. The molecular weight excluding hydrogens is 337 g/mol. The quantitative estimate of drug-likeness (QED) is 0.878. The second-order valence-corrected chi connectivity index (χ2v) is 8.07. The molecule has 0 bridgehead atoms. The van der Waals surface area contributed by atoms with Crippen molar-refractivity contribution in [1.29, 1.82) is 0 Å². The van der Waals surface area contributed by atoms with E-state index in [2.05, 4.69) is 26.5 Å². The van der Waals surface area contributed by atoms with Gasteiger partial charge in [0.1, 0.15) is 12.0 Å². The van der Waals surface area contributed by atoms with Crippen molar-refractivity contribution in [3.63, 3.8) is 0 Å². The van der Waals surface area contributed by atoms with E-state index in [9.17, 15) is 4.39 Å². The van der Waals surface area contributed by atoms with Crippen molar-refractivity contribution in [2.75, 3.05) is 25.0 Å². The molecule has 3 aliphatic rings. The Hall–Kier alpha value is -1.99. The number of fused-ring (bicyclic) bond motifs is 1. The minimum absolute atomic E-state index is 0.516. The van der Waals surface area contributed by atoms with Gasteiger partial charge in [-0.25, -0.2) is 9.38 Å². The number of thiophene rings is 1. The normalized spacial score (nSPS) is 22.8. The molecule has 0 aromatic carbocycles. The molecule has 4 heterocycles. The highest BCUT2D eigenvalue weighted by atomic mass is 32.1. The van der Waals surface area contributed by atoms with Crippen molar-refractivity contribution in [2.24, 2.45) is 4.99 Å². The van der Waals surface area contributed by atoms with Crippen LogP contribution in [0.1, 0.15) is 29.8 Å². The fourth-order valence-corrected chi connectivity index (χ4v) is 4.73. The van der Waals surface area contributed by atoms with Crippen LogP contribution in [0.25, 0.3) is 16.1 Å². The Morgan fingerprint density at radius 3 is 2.96 bits per heavy atom. The number of halogens is 1. The highest BCUT2D eigenvalue weighted by molar-refractivity contribution is 7.17. The number of rotatable bonds is 3. The molecule has 0 unspecified atom stereocenters. The summed E-state index contributed by atoms with van der Waals surface area (Å²) in [6.45, 7) is 4.05. The molecule has 7 heteroatoms. The standard InChI is InChI=1S/C18H20FN5S/c1-10-13(7-20-23-10)15-6-14-18(25-15)17(11-2-3-11)22-16(21-14)9-24-5-4-12(19)8-24/h6-7,12H,2-5,8-9H2,1H3,(H,20,23)(H,21,22)/t12-/m0/s1. The van der Waals surface area contributed by atoms with Crippen LogP contribution in [-0.4, -0.2) is 46.7 Å². The number of hydrogen-bond acceptors (Lipinski definition) is 5. The van der Waals surface area contributed by atoms with Gasteiger partial charge in [0.05, 0.1) is 29.0 Å². The summed E-state index contributed by atoms with van der Waals surface area (Å²) in [5.41, 5.74) is 5.91. The smallest absolute Gasteiger partial charge is 0.121 e. The van der Waals surface area contributed by atoms with E-state index in [0.717, 1.165) is 47.9 Å². The van der Waals surface area contributed by atoms with Crippen molar-refractivity contribution in [3.05, 3.63) is 28.4 Å². The van der Waals surface area contributed by atoms with Gasteiger partial charge in [0, 0.05) is 29.2 Å². The minimum Gasteiger partial charge on any atom is -0.341 e. The van der Waals surface area contributed by atoms with Crippen LogP contribution >= 0.6 is 11.3 Å². The molecule has 130 valence electrons. The first kappa shape index (κ1) is 15.3. The van der Waals surface area contributed by atoms with E-state index in [0.29, 0.717) is 19.5 Å². The number of aromatic nitrogens is 2. The first-order valence-electron chi connectivity index (χ1n) is 8.75. The van der Waals surface area contributed by atoms with E-state index in [1.54, 1.807) is 11.3 Å². The summed E-state index contributed by atoms with van der Waals surface area (Å²) in [6, 6.07) is 2.19. The maximum Gasteiger partial charge on any atom is 0.121 e. The number of aliphatic imine (C=N–C) groups is 1. The van der Waals surface area contributed by atoms with Gasteiger partial charge in [-0.15, -0.1) is 11.3 Å². The highest BCUT2D eigenvalue weighted by Crippen LogP contribution is 2.47. The van der Waals surface area contributed by atoms with Crippen LogP contribution in [0.5, 0.6) is 0 Å². The van der Waals surface area contributed by atoms with Crippen molar-refractivity contribution >= 4 is 28.6 Å². The van der Waals surface area contributed by atoms with E-state index in [1.165, 1.54) is 15.3 Å². The lowest BCUT2D eigenvalue weighted by atomic mass is 10.2. The van der Waals surface area contributed by atoms with E-state index in [-0.39, 0.29) is 0 Å². The number of alkyl halides is 1. The Morgan fingerprint density at radius 2 is 2.28 bits per heavy atom. The molecule has 0 spiro atoms. The van der Waals surface area contributed by atoms with Crippen molar-refractivity contribution in [3.8, 4) is 10.4 Å². The second kappa shape index (κ2) is 5.78. The molecule has 0 amide bonds. The lowest BCUT2D eigenvalue weighted by Gasteiger charge is -2.21. The summed E-state index contributed by atoms with van der Waals surface area (Å²) in [5, 5.41) is 10.6. The summed E-state index contributed by atoms with van der Waals surface area (Å²) >= 11 is 1.77. The van der Waals surface area contributed by atoms with Crippen molar-refractivity contribution < 1.29 is 4.39 Å². The number of aromatic amines is 1. The van der Waals surface area contributed by atoms with Gasteiger partial charge in [0.25, 0.3) is 0 Å². The number of nitrogens with one attached hydrogen (secondary N) is 2. The molecule has 2 N–H and O–H groups in total. The Bertz CT molecular complexity index is 887. The van der Waals surface area contributed by atoms with Crippen LogP contribution in [0, 0.1) is 6.92 Å². The fourth-order valence-electron chi connectivity index (χ4n) is 3.52. The predicted molar refractivity (Wildman–Crippen MR) is 99.8 cm³/mol. The minimum atomic E-state index is -0.696. The van der Waals surface area contributed by atoms with Crippen LogP contribution in [0.2, 0.25) is 0 Å². The molecule has 1 saturated heterocycles. The molecule has 1 atom stereocenters. The Balaban J connectivity index is 1.47. The zero-order valence-electron chi connectivity index (χ0n) is 14.1. The van der Waals surface area contributed by atoms with Crippen LogP contribution in [-0.2, 0) is 0 Å². The largest absolute Gasteiger partial charge is 0.341 e.